The van der Waals surface area contributed by atoms with E-state index in [2.05, 4.69) is 11.0 Å². The molecule has 1 aliphatic heterocycles. The summed E-state index contributed by atoms with van der Waals surface area (Å²) >= 11 is 5.64. The summed E-state index contributed by atoms with van der Waals surface area (Å²) < 4.78 is 25.9. The smallest absolute Gasteiger partial charge is 0.146 e. The second-order valence-electron chi connectivity index (χ2n) is 3.40. The largest absolute Gasteiger partial charge is 0.303 e. The summed E-state index contributed by atoms with van der Waals surface area (Å²) in [4.78, 5) is 0. The van der Waals surface area contributed by atoms with E-state index in [1.54, 1.807) is 13.0 Å². The molecule has 0 spiro atoms. The zero-order valence-electron chi connectivity index (χ0n) is 8.52. The highest BCUT2D eigenvalue weighted by Crippen LogP contribution is 2.27. The van der Waals surface area contributed by atoms with Gasteiger partial charge in [-0.1, -0.05) is 11.6 Å². The zero-order valence-corrected chi connectivity index (χ0v) is 9.28. The van der Waals surface area contributed by atoms with E-state index < -0.39 is 12.5 Å². The molecule has 16 heavy (non-hydrogen) atoms. The SMILES string of the molecule is Cc1c(N2C=C(CF)NN2)ccc(Cl)c1F. The van der Waals surface area contributed by atoms with Crippen molar-refractivity contribution in [2.24, 2.45) is 0 Å². The second kappa shape index (κ2) is 4.27. The molecule has 0 saturated carbocycles. The Bertz CT molecular complexity index is 448. The van der Waals surface area contributed by atoms with Crippen LogP contribution in [0.25, 0.3) is 0 Å². The summed E-state index contributed by atoms with van der Waals surface area (Å²) in [6.45, 7) is 0.998. The van der Waals surface area contributed by atoms with E-state index >= 15 is 0 Å². The Morgan fingerprint density at radius 1 is 1.44 bits per heavy atom. The number of hydrogen-bond donors (Lipinski definition) is 2. The predicted octanol–water partition coefficient (Wildman–Crippen LogP) is 2.43. The molecule has 0 fully saturated rings. The number of nitrogens with one attached hydrogen (secondary N) is 2. The zero-order chi connectivity index (χ0) is 11.7. The van der Waals surface area contributed by atoms with Crippen molar-refractivity contribution in [3.8, 4) is 0 Å². The van der Waals surface area contributed by atoms with Gasteiger partial charge in [-0.2, -0.15) is 0 Å². The second-order valence-corrected chi connectivity index (χ2v) is 3.81. The van der Waals surface area contributed by atoms with Crippen LogP contribution in [0.2, 0.25) is 5.02 Å². The molecule has 0 aliphatic carbocycles. The van der Waals surface area contributed by atoms with E-state index in [0.717, 1.165) is 0 Å². The first-order valence-corrected chi connectivity index (χ1v) is 5.03. The highest BCUT2D eigenvalue weighted by atomic mass is 35.5. The summed E-state index contributed by atoms with van der Waals surface area (Å²) in [5.41, 5.74) is 6.69. The quantitative estimate of drug-likeness (QED) is 0.838. The van der Waals surface area contributed by atoms with Crippen LogP contribution in [0, 0.1) is 12.7 Å². The normalized spacial score (nSPS) is 15.0. The average molecular weight is 246 g/mol. The van der Waals surface area contributed by atoms with Crippen LogP contribution >= 0.6 is 11.6 Å². The van der Waals surface area contributed by atoms with Crippen LogP contribution in [0.1, 0.15) is 5.56 Å². The molecule has 6 heteroatoms. The fraction of sp³-hybridized carbons (Fsp3) is 0.200. The van der Waals surface area contributed by atoms with Gasteiger partial charge in [0.1, 0.15) is 12.5 Å². The molecule has 1 aliphatic rings. The van der Waals surface area contributed by atoms with Gasteiger partial charge in [0, 0.05) is 11.8 Å². The highest BCUT2D eigenvalue weighted by molar-refractivity contribution is 6.30. The van der Waals surface area contributed by atoms with Gasteiger partial charge in [-0.05, 0) is 19.1 Å². The van der Waals surface area contributed by atoms with Crippen molar-refractivity contribution in [1.29, 1.82) is 0 Å². The molecule has 1 aromatic carbocycles. The van der Waals surface area contributed by atoms with Crippen LogP contribution in [0.3, 0.4) is 0 Å². The third-order valence-corrected chi connectivity index (χ3v) is 2.63. The number of benzene rings is 1. The molecule has 0 saturated heterocycles. The first-order valence-electron chi connectivity index (χ1n) is 4.65. The average Bonchev–Trinajstić information content (AvgIpc) is 2.74. The summed E-state index contributed by atoms with van der Waals surface area (Å²) in [5, 5.41) is 1.58. The molecule has 0 unspecified atom stereocenters. The number of nitrogens with zero attached hydrogens (tertiary/aromatic N) is 1. The van der Waals surface area contributed by atoms with Gasteiger partial charge in [0.2, 0.25) is 0 Å². The lowest BCUT2D eigenvalue weighted by atomic mass is 10.2. The standard InChI is InChI=1S/C10H10ClF2N3/c1-6-9(3-2-8(11)10(6)13)16-5-7(4-12)14-15-16/h2-3,5,14-15H,4H2,1H3. The highest BCUT2D eigenvalue weighted by Gasteiger charge is 2.17. The van der Waals surface area contributed by atoms with Crippen LogP contribution in [0.5, 0.6) is 0 Å². The number of alkyl halides is 1. The van der Waals surface area contributed by atoms with E-state index in [1.165, 1.54) is 17.3 Å². The Labute approximate surface area is 96.6 Å². The van der Waals surface area contributed by atoms with Crippen molar-refractivity contribution in [3.63, 3.8) is 0 Å². The van der Waals surface area contributed by atoms with Crippen LogP contribution in [0.4, 0.5) is 14.5 Å². The molecule has 1 heterocycles. The van der Waals surface area contributed by atoms with Crippen molar-refractivity contribution < 1.29 is 8.78 Å². The van der Waals surface area contributed by atoms with E-state index in [1.807, 2.05) is 0 Å². The molecule has 0 radical (unpaired) electrons. The number of hydrazine groups is 2. The van der Waals surface area contributed by atoms with Crippen LogP contribution in [-0.2, 0) is 0 Å². The fourth-order valence-corrected chi connectivity index (χ4v) is 1.66. The third kappa shape index (κ3) is 1.83. The monoisotopic (exact) mass is 245 g/mol. The van der Waals surface area contributed by atoms with Gasteiger partial charge < -0.3 is 5.43 Å². The summed E-state index contributed by atoms with van der Waals surface area (Å²) in [6, 6.07) is 3.12. The number of anilines is 1. The Morgan fingerprint density at radius 2 is 2.19 bits per heavy atom. The molecule has 2 N–H and O–H groups in total. The maximum absolute atomic E-state index is 13.5. The van der Waals surface area contributed by atoms with Crippen molar-refractivity contribution in [1.82, 2.24) is 11.0 Å². The molecule has 0 aromatic heterocycles. The Balaban J connectivity index is 2.36. The Hall–Kier alpha value is -1.33. The molecule has 1 aromatic rings. The number of hydrogen-bond acceptors (Lipinski definition) is 3. The minimum atomic E-state index is -0.612. The van der Waals surface area contributed by atoms with E-state index in [4.69, 9.17) is 11.6 Å². The predicted molar refractivity (Wildman–Crippen MR) is 59.0 cm³/mol. The van der Waals surface area contributed by atoms with Gasteiger partial charge in [0.05, 0.1) is 16.4 Å². The maximum Gasteiger partial charge on any atom is 0.146 e. The topological polar surface area (TPSA) is 27.3 Å². The van der Waals surface area contributed by atoms with Crippen molar-refractivity contribution >= 4 is 17.3 Å². The Morgan fingerprint density at radius 3 is 2.81 bits per heavy atom. The van der Waals surface area contributed by atoms with Gasteiger partial charge in [-0.15, -0.1) is 5.53 Å². The molecular formula is C10H10ClF2N3. The number of allylic oxidation sites excluding steroid dienone is 1. The summed E-state index contributed by atoms with van der Waals surface area (Å²) in [6.07, 6.45) is 1.52. The van der Waals surface area contributed by atoms with Crippen molar-refractivity contribution in [2.45, 2.75) is 6.92 Å². The van der Waals surface area contributed by atoms with E-state index in [0.29, 0.717) is 16.9 Å². The molecule has 0 atom stereocenters. The first-order chi connectivity index (χ1) is 7.63. The number of rotatable bonds is 2. The molecule has 86 valence electrons. The minimum Gasteiger partial charge on any atom is -0.303 e. The number of halogens is 3. The maximum atomic E-state index is 13.5. The molecule has 3 nitrogen and oxygen atoms in total. The fourth-order valence-electron chi connectivity index (χ4n) is 1.45. The molecule has 0 bridgehead atoms. The first kappa shape index (κ1) is 11.2. The molecular weight excluding hydrogens is 236 g/mol. The lowest BCUT2D eigenvalue weighted by Crippen LogP contribution is -2.37. The molecule has 0 amide bonds. The van der Waals surface area contributed by atoms with Crippen LogP contribution in [0.15, 0.2) is 24.0 Å². The third-order valence-electron chi connectivity index (χ3n) is 2.34. The Kier molecular flexibility index (Phi) is 2.98. The summed E-state index contributed by atoms with van der Waals surface area (Å²) in [5.74, 6) is -0.469. The van der Waals surface area contributed by atoms with Crippen molar-refractivity contribution in [3.05, 3.63) is 40.4 Å². The van der Waals surface area contributed by atoms with Crippen LogP contribution in [-0.4, -0.2) is 6.67 Å². The van der Waals surface area contributed by atoms with E-state index in [-0.39, 0.29) is 5.02 Å². The van der Waals surface area contributed by atoms with Gasteiger partial charge >= 0.3 is 0 Å². The van der Waals surface area contributed by atoms with Gasteiger partial charge in [0.25, 0.3) is 0 Å². The van der Waals surface area contributed by atoms with Crippen LogP contribution < -0.4 is 16.0 Å². The van der Waals surface area contributed by atoms with Gasteiger partial charge in [0.15, 0.2) is 0 Å². The molecule has 2 rings (SSSR count). The lowest BCUT2D eigenvalue weighted by Gasteiger charge is -2.18. The summed E-state index contributed by atoms with van der Waals surface area (Å²) in [7, 11) is 0. The van der Waals surface area contributed by atoms with Gasteiger partial charge in [-0.3, -0.25) is 5.01 Å². The van der Waals surface area contributed by atoms with E-state index in [9.17, 15) is 8.78 Å². The van der Waals surface area contributed by atoms with Gasteiger partial charge in [-0.25, -0.2) is 8.78 Å². The van der Waals surface area contributed by atoms with Crippen molar-refractivity contribution in [2.75, 3.05) is 11.7 Å². The minimum absolute atomic E-state index is 0.0723. The lowest BCUT2D eigenvalue weighted by molar-refractivity contribution is 0.509.